The minimum atomic E-state index is -0.139. The summed E-state index contributed by atoms with van der Waals surface area (Å²) < 4.78 is 11.1. The van der Waals surface area contributed by atoms with E-state index in [1.807, 2.05) is 75.4 Å². The van der Waals surface area contributed by atoms with Crippen molar-refractivity contribution in [3.05, 3.63) is 71.6 Å². The number of amides is 2. The predicted octanol–water partition coefficient (Wildman–Crippen LogP) is 4.78. The zero-order valence-corrected chi connectivity index (χ0v) is 17.3. The van der Waals surface area contributed by atoms with Gasteiger partial charge in [0.1, 0.15) is 17.2 Å². The smallest absolute Gasteiger partial charge is 0.318 e. The van der Waals surface area contributed by atoms with Gasteiger partial charge in [0, 0.05) is 18.2 Å². The number of urea groups is 1. The Hall–Kier alpha value is -3.28. The molecule has 0 bridgehead atoms. The molecule has 0 unspecified atom stereocenters. The van der Waals surface area contributed by atoms with E-state index in [-0.39, 0.29) is 12.1 Å². The molecule has 0 aliphatic rings. The first-order valence-corrected chi connectivity index (χ1v) is 9.66. The third-order valence-electron chi connectivity index (χ3n) is 4.49. The third kappa shape index (κ3) is 5.38. The first-order valence-electron chi connectivity index (χ1n) is 9.66. The highest BCUT2D eigenvalue weighted by atomic mass is 16.5. The van der Waals surface area contributed by atoms with Crippen LogP contribution in [0.25, 0.3) is 11.5 Å². The number of oxazole rings is 1. The zero-order chi connectivity index (χ0) is 20.8. The van der Waals surface area contributed by atoms with Gasteiger partial charge in [-0.3, -0.25) is 0 Å². The highest BCUT2D eigenvalue weighted by Crippen LogP contribution is 2.23. The van der Waals surface area contributed by atoms with Gasteiger partial charge in [-0.15, -0.1) is 0 Å². The summed E-state index contributed by atoms with van der Waals surface area (Å²) in [6.45, 7) is 6.57. The molecule has 3 aromatic rings. The second-order valence-corrected chi connectivity index (χ2v) is 7.20. The van der Waals surface area contributed by atoms with E-state index in [1.54, 1.807) is 12.0 Å². The van der Waals surface area contributed by atoms with Crippen LogP contribution in [0.5, 0.6) is 5.75 Å². The highest BCUT2D eigenvalue weighted by Gasteiger charge is 2.20. The van der Waals surface area contributed by atoms with Crippen LogP contribution in [0.3, 0.4) is 0 Å². The number of hydrogen-bond acceptors (Lipinski definition) is 4. The van der Waals surface area contributed by atoms with Crippen LogP contribution >= 0.6 is 0 Å². The lowest BCUT2D eigenvalue weighted by Crippen LogP contribution is -2.42. The summed E-state index contributed by atoms with van der Waals surface area (Å²) in [4.78, 5) is 19.2. The van der Waals surface area contributed by atoms with Crippen molar-refractivity contribution in [3.8, 4) is 17.2 Å². The third-order valence-corrected chi connectivity index (χ3v) is 4.49. The molecule has 0 saturated heterocycles. The lowest BCUT2D eigenvalue weighted by atomic mass is 10.2. The van der Waals surface area contributed by atoms with Crippen LogP contribution in [0, 0.1) is 6.92 Å². The first kappa shape index (κ1) is 20.5. The Bertz CT molecular complexity index is 934. The van der Waals surface area contributed by atoms with Crippen LogP contribution in [0.1, 0.15) is 30.9 Å². The van der Waals surface area contributed by atoms with Gasteiger partial charge >= 0.3 is 6.03 Å². The zero-order valence-electron chi connectivity index (χ0n) is 17.3. The van der Waals surface area contributed by atoms with Crippen LogP contribution < -0.4 is 10.1 Å². The molecule has 0 radical (unpaired) electrons. The Balaban J connectivity index is 1.82. The van der Waals surface area contributed by atoms with Crippen molar-refractivity contribution < 1.29 is 13.9 Å². The maximum absolute atomic E-state index is 12.8. The Morgan fingerprint density at radius 3 is 2.41 bits per heavy atom. The summed E-state index contributed by atoms with van der Waals surface area (Å²) in [7, 11) is 1.63. The van der Waals surface area contributed by atoms with Crippen LogP contribution in [0.15, 0.2) is 59.0 Å². The molecular formula is C23H27N3O3. The van der Waals surface area contributed by atoms with Crippen molar-refractivity contribution in [1.82, 2.24) is 15.2 Å². The number of carbonyl (C=O) groups is 1. The lowest BCUT2D eigenvalue weighted by molar-refractivity contribution is 0.189. The molecule has 0 saturated carbocycles. The average Bonchev–Trinajstić information content (AvgIpc) is 3.08. The second kappa shape index (κ2) is 9.28. The molecule has 6 nitrogen and oxygen atoms in total. The van der Waals surface area contributed by atoms with Crippen molar-refractivity contribution in [2.75, 3.05) is 7.11 Å². The molecule has 1 heterocycles. The number of aryl methyl sites for hydroxylation is 1. The number of aromatic nitrogens is 1. The molecule has 2 aromatic carbocycles. The molecule has 0 aliphatic heterocycles. The summed E-state index contributed by atoms with van der Waals surface area (Å²) in [6.07, 6.45) is 0. The Labute approximate surface area is 171 Å². The van der Waals surface area contributed by atoms with E-state index in [9.17, 15) is 4.79 Å². The quantitative estimate of drug-likeness (QED) is 0.627. The van der Waals surface area contributed by atoms with E-state index in [0.717, 1.165) is 22.6 Å². The van der Waals surface area contributed by atoms with Crippen LogP contribution in [0.2, 0.25) is 0 Å². The van der Waals surface area contributed by atoms with Gasteiger partial charge in [-0.05, 0) is 50.6 Å². The number of methoxy groups -OCH3 is 1. The molecule has 152 valence electrons. The molecule has 0 spiro atoms. The van der Waals surface area contributed by atoms with Crippen molar-refractivity contribution in [3.63, 3.8) is 0 Å². The number of hydrogen-bond donors (Lipinski definition) is 1. The van der Waals surface area contributed by atoms with Gasteiger partial charge in [0.15, 0.2) is 0 Å². The van der Waals surface area contributed by atoms with Gasteiger partial charge in [-0.2, -0.15) is 0 Å². The summed E-state index contributed by atoms with van der Waals surface area (Å²) in [5, 5.41) is 2.97. The highest BCUT2D eigenvalue weighted by molar-refractivity contribution is 5.74. The molecule has 29 heavy (non-hydrogen) atoms. The van der Waals surface area contributed by atoms with E-state index >= 15 is 0 Å². The molecule has 0 fully saturated rings. The molecule has 2 amide bonds. The van der Waals surface area contributed by atoms with E-state index in [2.05, 4.69) is 10.3 Å². The number of ether oxygens (including phenoxy) is 1. The van der Waals surface area contributed by atoms with Gasteiger partial charge < -0.3 is 19.4 Å². The van der Waals surface area contributed by atoms with E-state index in [1.165, 1.54) is 0 Å². The monoisotopic (exact) mass is 393 g/mol. The number of rotatable bonds is 7. The Kier molecular flexibility index (Phi) is 6.54. The van der Waals surface area contributed by atoms with E-state index in [0.29, 0.717) is 24.7 Å². The second-order valence-electron chi connectivity index (χ2n) is 7.20. The van der Waals surface area contributed by atoms with Crippen LogP contribution in [0.4, 0.5) is 4.79 Å². The van der Waals surface area contributed by atoms with Gasteiger partial charge in [0.2, 0.25) is 5.89 Å². The van der Waals surface area contributed by atoms with Gasteiger partial charge in [-0.25, -0.2) is 9.78 Å². The lowest BCUT2D eigenvalue weighted by Gasteiger charge is -2.24. The van der Waals surface area contributed by atoms with Crippen molar-refractivity contribution in [2.45, 2.75) is 39.9 Å². The molecular weight excluding hydrogens is 366 g/mol. The Morgan fingerprint density at radius 2 is 1.79 bits per heavy atom. The number of nitrogens with one attached hydrogen (secondary N) is 1. The Morgan fingerprint density at radius 1 is 1.10 bits per heavy atom. The normalized spacial score (nSPS) is 10.8. The van der Waals surface area contributed by atoms with Crippen LogP contribution in [-0.2, 0) is 13.1 Å². The number of nitrogens with zero attached hydrogens (tertiary/aromatic N) is 2. The molecule has 1 aromatic heterocycles. The fraction of sp³-hybridized carbons (Fsp3) is 0.304. The van der Waals surface area contributed by atoms with Gasteiger partial charge in [0.25, 0.3) is 0 Å². The molecule has 3 rings (SSSR count). The molecule has 0 aliphatic carbocycles. The predicted molar refractivity (Wildman–Crippen MR) is 113 cm³/mol. The fourth-order valence-corrected chi connectivity index (χ4v) is 2.95. The minimum Gasteiger partial charge on any atom is -0.497 e. The van der Waals surface area contributed by atoms with E-state index < -0.39 is 0 Å². The fourth-order valence-electron chi connectivity index (χ4n) is 2.95. The van der Waals surface area contributed by atoms with Crippen molar-refractivity contribution >= 4 is 6.03 Å². The largest absolute Gasteiger partial charge is 0.497 e. The van der Waals surface area contributed by atoms with Crippen LogP contribution in [-0.4, -0.2) is 29.1 Å². The molecule has 0 atom stereocenters. The maximum atomic E-state index is 12.8. The van der Waals surface area contributed by atoms with E-state index in [4.69, 9.17) is 9.15 Å². The van der Waals surface area contributed by atoms with Gasteiger partial charge in [0.05, 0.1) is 13.7 Å². The SMILES string of the molecule is COc1ccc(CN(Cc2nc(-c3ccccc3)oc2C)C(=O)NC(C)C)cc1. The summed E-state index contributed by atoms with van der Waals surface area (Å²) in [5.41, 5.74) is 2.67. The van der Waals surface area contributed by atoms with Crippen molar-refractivity contribution in [1.29, 1.82) is 0 Å². The van der Waals surface area contributed by atoms with Crippen molar-refractivity contribution in [2.24, 2.45) is 0 Å². The minimum absolute atomic E-state index is 0.0409. The standard InChI is InChI=1S/C23H27N3O3/c1-16(2)24-23(27)26(14-18-10-12-20(28-4)13-11-18)15-21-17(3)29-22(25-21)19-8-6-5-7-9-19/h5-13,16H,14-15H2,1-4H3,(H,24,27). The summed E-state index contributed by atoms with van der Waals surface area (Å²) in [5.74, 6) is 2.06. The number of benzene rings is 2. The first-order chi connectivity index (χ1) is 14.0. The topological polar surface area (TPSA) is 67.6 Å². The molecule has 1 N–H and O–H groups in total. The maximum Gasteiger partial charge on any atom is 0.318 e. The summed E-state index contributed by atoms with van der Waals surface area (Å²) >= 11 is 0. The molecule has 6 heteroatoms. The summed E-state index contributed by atoms with van der Waals surface area (Å²) in [6, 6.07) is 17.4. The number of carbonyl (C=O) groups excluding carboxylic acids is 1. The van der Waals surface area contributed by atoms with Gasteiger partial charge in [-0.1, -0.05) is 30.3 Å². The average molecular weight is 393 g/mol.